The topological polar surface area (TPSA) is 47.6 Å². The van der Waals surface area contributed by atoms with Crippen molar-refractivity contribution in [3.8, 4) is 11.5 Å². The number of carbonyl (C=O) groups is 1. The molecule has 0 unspecified atom stereocenters. The lowest BCUT2D eigenvalue weighted by molar-refractivity contribution is 0.0950. The molecule has 0 aromatic heterocycles. The van der Waals surface area contributed by atoms with E-state index in [2.05, 4.69) is 21.2 Å². The van der Waals surface area contributed by atoms with Gasteiger partial charge in [-0.2, -0.15) is 0 Å². The lowest BCUT2D eigenvalue weighted by Crippen LogP contribution is -2.23. The maximum absolute atomic E-state index is 13.5. The molecule has 23 heavy (non-hydrogen) atoms. The normalized spacial score (nSPS) is 10.3. The molecule has 122 valence electrons. The van der Waals surface area contributed by atoms with E-state index in [0.29, 0.717) is 15.1 Å². The molecule has 2 aromatic rings. The second-order valence-electron chi connectivity index (χ2n) is 4.61. The highest BCUT2D eigenvalue weighted by Gasteiger charge is 2.12. The van der Waals surface area contributed by atoms with Crippen molar-refractivity contribution in [1.29, 1.82) is 0 Å². The minimum absolute atomic E-state index is 0.271. The van der Waals surface area contributed by atoms with E-state index in [1.807, 2.05) is 22.6 Å². The average molecular weight is 494 g/mol. The third-order valence-corrected chi connectivity index (χ3v) is 4.79. The highest BCUT2D eigenvalue weighted by Crippen LogP contribution is 2.33. The molecule has 1 amide bonds. The molecular weight excluding hydrogens is 480 g/mol. The Morgan fingerprint density at radius 1 is 1.22 bits per heavy atom. The molecule has 0 aliphatic carbocycles. The summed E-state index contributed by atoms with van der Waals surface area (Å²) in [4.78, 5) is 12.1. The van der Waals surface area contributed by atoms with E-state index < -0.39 is 5.82 Å². The van der Waals surface area contributed by atoms with E-state index in [0.717, 1.165) is 10.0 Å². The Bertz CT molecular complexity index is 740. The molecular formula is C16H14BrFINO3. The summed E-state index contributed by atoms with van der Waals surface area (Å²) in [5, 5.41) is 2.76. The molecule has 1 N–H and O–H groups in total. The van der Waals surface area contributed by atoms with Gasteiger partial charge in [0.25, 0.3) is 5.91 Å². The van der Waals surface area contributed by atoms with E-state index in [1.54, 1.807) is 38.5 Å². The summed E-state index contributed by atoms with van der Waals surface area (Å²) in [5.41, 5.74) is 1.10. The molecule has 0 fully saturated rings. The van der Waals surface area contributed by atoms with Crippen LogP contribution in [-0.4, -0.2) is 20.1 Å². The predicted molar refractivity (Wildman–Crippen MR) is 97.5 cm³/mol. The van der Waals surface area contributed by atoms with Crippen LogP contribution in [0, 0.1) is 9.39 Å². The van der Waals surface area contributed by atoms with E-state index in [4.69, 9.17) is 9.47 Å². The number of carbonyl (C=O) groups excluding carboxylic acids is 1. The summed E-state index contributed by atoms with van der Waals surface area (Å²) in [6, 6.07) is 7.92. The molecule has 7 heteroatoms. The number of halogens is 3. The van der Waals surface area contributed by atoms with Crippen molar-refractivity contribution in [2.45, 2.75) is 6.54 Å². The molecule has 0 aliphatic heterocycles. The summed E-state index contributed by atoms with van der Waals surface area (Å²) in [6.07, 6.45) is 0. The molecule has 0 spiro atoms. The lowest BCUT2D eigenvalue weighted by atomic mass is 10.1. The zero-order chi connectivity index (χ0) is 17.0. The Morgan fingerprint density at radius 2 is 1.87 bits per heavy atom. The third kappa shape index (κ3) is 4.35. The van der Waals surface area contributed by atoms with Crippen LogP contribution in [0.5, 0.6) is 11.5 Å². The smallest absolute Gasteiger partial charge is 0.251 e. The number of nitrogens with one attached hydrogen (secondary N) is 1. The van der Waals surface area contributed by atoms with Gasteiger partial charge in [0.05, 0.1) is 14.2 Å². The van der Waals surface area contributed by atoms with Gasteiger partial charge in [0.2, 0.25) is 0 Å². The van der Waals surface area contributed by atoms with Gasteiger partial charge in [-0.05, 0) is 58.5 Å². The SMILES string of the molecule is COc1cc(Br)c(CNC(=O)c2ccc(I)c(F)c2)cc1OC. The van der Waals surface area contributed by atoms with Crippen molar-refractivity contribution in [3.05, 3.63) is 55.3 Å². The standard InChI is InChI=1S/C16H14BrFINO3/c1-22-14-6-10(11(17)7-15(14)23-2)8-20-16(21)9-3-4-13(19)12(18)5-9/h3-7H,8H2,1-2H3,(H,20,21). The maximum atomic E-state index is 13.5. The monoisotopic (exact) mass is 493 g/mol. The van der Waals surface area contributed by atoms with Crippen molar-refractivity contribution in [2.24, 2.45) is 0 Å². The van der Waals surface area contributed by atoms with Gasteiger partial charge in [0.1, 0.15) is 5.82 Å². The van der Waals surface area contributed by atoms with Crippen LogP contribution in [-0.2, 0) is 6.54 Å². The van der Waals surface area contributed by atoms with Crippen LogP contribution in [0.25, 0.3) is 0 Å². The van der Waals surface area contributed by atoms with Gasteiger partial charge < -0.3 is 14.8 Å². The Hall–Kier alpha value is -1.35. The fourth-order valence-corrected chi connectivity index (χ4v) is 2.74. The quantitative estimate of drug-likeness (QED) is 0.637. The first kappa shape index (κ1) is 18.0. The van der Waals surface area contributed by atoms with E-state index >= 15 is 0 Å². The molecule has 0 aliphatic rings. The summed E-state index contributed by atoms with van der Waals surface area (Å²) < 4.78 is 25.2. The van der Waals surface area contributed by atoms with E-state index in [-0.39, 0.29) is 18.0 Å². The second kappa shape index (κ2) is 7.96. The van der Waals surface area contributed by atoms with Gasteiger partial charge in [-0.1, -0.05) is 15.9 Å². The van der Waals surface area contributed by atoms with Crippen LogP contribution in [0.3, 0.4) is 0 Å². The van der Waals surface area contributed by atoms with Crippen LogP contribution in [0.15, 0.2) is 34.8 Å². The zero-order valence-electron chi connectivity index (χ0n) is 12.5. The Balaban J connectivity index is 2.13. The van der Waals surface area contributed by atoms with Gasteiger partial charge in [-0.3, -0.25) is 4.79 Å². The predicted octanol–water partition coefficient (Wildman–Crippen LogP) is 4.14. The van der Waals surface area contributed by atoms with Crippen LogP contribution < -0.4 is 14.8 Å². The van der Waals surface area contributed by atoms with Gasteiger partial charge >= 0.3 is 0 Å². The first-order valence-corrected chi connectivity index (χ1v) is 8.47. The van der Waals surface area contributed by atoms with Crippen molar-refractivity contribution in [1.82, 2.24) is 5.32 Å². The van der Waals surface area contributed by atoms with Crippen LogP contribution in [0.2, 0.25) is 0 Å². The minimum atomic E-state index is -0.412. The van der Waals surface area contributed by atoms with E-state index in [1.165, 1.54) is 6.07 Å². The van der Waals surface area contributed by atoms with Gasteiger partial charge in [0.15, 0.2) is 11.5 Å². The fraction of sp³-hybridized carbons (Fsp3) is 0.188. The van der Waals surface area contributed by atoms with Crippen LogP contribution in [0.4, 0.5) is 4.39 Å². The second-order valence-corrected chi connectivity index (χ2v) is 6.63. The number of ether oxygens (including phenoxy) is 2. The molecule has 4 nitrogen and oxygen atoms in total. The molecule has 0 radical (unpaired) electrons. The number of hydrogen-bond donors (Lipinski definition) is 1. The molecule has 2 aromatic carbocycles. The highest BCUT2D eigenvalue weighted by molar-refractivity contribution is 14.1. The number of rotatable bonds is 5. The lowest BCUT2D eigenvalue weighted by Gasteiger charge is -2.12. The Morgan fingerprint density at radius 3 is 2.48 bits per heavy atom. The summed E-state index contributed by atoms with van der Waals surface area (Å²) in [6.45, 7) is 0.271. The average Bonchev–Trinajstić information content (AvgIpc) is 2.55. The van der Waals surface area contributed by atoms with Crippen molar-refractivity contribution in [2.75, 3.05) is 14.2 Å². The van der Waals surface area contributed by atoms with Crippen molar-refractivity contribution < 1.29 is 18.7 Å². The Kier molecular flexibility index (Phi) is 6.23. The molecule has 0 atom stereocenters. The van der Waals surface area contributed by atoms with Crippen LogP contribution in [0.1, 0.15) is 15.9 Å². The first-order valence-electron chi connectivity index (χ1n) is 6.60. The van der Waals surface area contributed by atoms with Crippen molar-refractivity contribution in [3.63, 3.8) is 0 Å². The number of benzene rings is 2. The summed E-state index contributed by atoms with van der Waals surface area (Å²) >= 11 is 5.31. The maximum Gasteiger partial charge on any atom is 0.251 e. The summed E-state index contributed by atoms with van der Waals surface area (Å²) in [5.74, 6) is 0.405. The fourth-order valence-electron chi connectivity index (χ4n) is 1.95. The summed E-state index contributed by atoms with van der Waals surface area (Å²) in [7, 11) is 3.10. The third-order valence-electron chi connectivity index (χ3n) is 3.17. The number of methoxy groups -OCH3 is 2. The zero-order valence-corrected chi connectivity index (χ0v) is 16.2. The number of amides is 1. The van der Waals surface area contributed by atoms with E-state index in [9.17, 15) is 9.18 Å². The molecule has 0 heterocycles. The highest BCUT2D eigenvalue weighted by atomic mass is 127. The minimum Gasteiger partial charge on any atom is -0.493 e. The van der Waals surface area contributed by atoms with Gasteiger partial charge in [-0.15, -0.1) is 0 Å². The van der Waals surface area contributed by atoms with Gasteiger partial charge in [-0.25, -0.2) is 4.39 Å². The van der Waals surface area contributed by atoms with Crippen molar-refractivity contribution >= 4 is 44.4 Å². The molecule has 0 saturated heterocycles. The largest absolute Gasteiger partial charge is 0.493 e. The van der Waals surface area contributed by atoms with Crippen LogP contribution >= 0.6 is 38.5 Å². The molecule has 0 bridgehead atoms. The molecule has 2 rings (SSSR count). The number of hydrogen-bond acceptors (Lipinski definition) is 3. The first-order chi connectivity index (χ1) is 11.0. The molecule has 0 saturated carbocycles. The Labute approximate surface area is 155 Å². The van der Waals surface area contributed by atoms with Gasteiger partial charge in [0, 0.05) is 20.2 Å².